The van der Waals surface area contributed by atoms with Crippen molar-refractivity contribution in [2.24, 2.45) is 11.8 Å². The molecular weight excluding hydrogens is 442 g/mol. The molecule has 1 heterocycles. The fraction of sp³-hybridized carbons (Fsp3) is 0.214. The zero-order chi connectivity index (χ0) is 24.4. The van der Waals surface area contributed by atoms with E-state index in [0.29, 0.717) is 24.9 Å². The van der Waals surface area contributed by atoms with Gasteiger partial charge in [0.15, 0.2) is 0 Å². The standard InChI is InChI=1S/C28H25N3O4/c32-27-22-13-7-8-14-23(22)28(33)30(27)21-15-16-24(26(18-21)31(34)35)29-25(20-11-5-2-6-12-20)17-19-9-3-1-4-10-19/h1-12,15-16,18,22-23,25,29H,13-14,17H2/t22-,23+,25-/m0/s1. The largest absolute Gasteiger partial charge is 0.372 e. The molecule has 1 aliphatic carbocycles. The van der Waals surface area contributed by atoms with Gasteiger partial charge in [0.1, 0.15) is 5.69 Å². The van der Waals surface area contributed by atoms with Crippen LogP contribution >= 0.6 is 0 Å². The van der Waals surface area contributed by atoms with Gasteiger partial charge < -0.3 is 5.32 Å². The summed E-state index contributed by atoms with van der Waals surface area (Å²) in [5.41, 5.74) is 2.49. The van der Waals surface area contributed by atoms with E-state index in [4.69, 9.17) is 0 Å². The first kappa shape index (κ1) is 22.5. The first-order valence-electron chi connectivity index (χ1n) is 11.7. The van der Waals surface area contributed by atoms with Crippen LogP contribution in [0.2, 0.25) is 0 Å². The van der Waals surface area contributed by atoms with Crippen LogP contribution in [-0.2, 0) is 16.0 Å². The lowest BCUT2D eigenvalue weighted by Crippen LogP contribution is -2.31. The van der Waals surface area contributed by atoms with Gasteiger partial charge >= 0.3 is 0 Å². The molecule has 35 heavy (non-hydrogen) atoms. The third-order valence-electron chi connectivity index (χ3n) is 6.76. The maximum Gasteiger partial charge on any atom is 0.294 e. The van der Waals surface area contributed by atoms with Crippen LogP contribution in [-0.4, -0.2) is 16.7 Å². The van der Waals surface area contributed by atoms with E-state index in [-0.39, 0.29) is 29.2 Å². The van der Waals surface area contributed by atoms with Crippen molar-refractivity contribution in [2.45, 2.75) is 25.3 Å². The molecular formula is C28H25N3O4. The molecule has 5 rings (SSSR count). The van der Waals surface area contributed by atoms with Gasteiger partial charge in [-0.05, 0) is 42.5 Å². The number of fused-ring (bicyclic) bond motifs is 1. The Balaban J connectivity index is 1.47. The van der Waals surface area contributed by atoms with Gasteiger partial charge in [-0.25, -0.2) is 4.90 Å². The molecule has 176 valence electrons. The third-order valence-corrected chi connectivity index (χ3v) is 6.76. The van der Waals surface area contributed by atoms with E-state index < -0.39 is 16.8 Å². The molecule has 1 fully saturated rings. The third kappa shape index (κ3) is 4.45. The van der Waals surface area contributed by atoms with Gasteiger partial charge in [0.2, 0.25) is 11.8 Å². The van der Waals surface area contributed by atoms with Crippen LogP contribution in [0.25, 0.3) is 0 Å². The lowest BCUT2D eigenvalue weighted by Gasteiger charge is -2.22. The molecule has 1 aliphatic heterocycles. The average Bonchev–Trinajstić information content (AvgIpc) is 3.15. The van der Waals surface area contributed by atoms with E-state index in [2.05, 4.69) is 5.32 Å². The molecule has 3 aromatic rings. The Morgan fingerprint density at radius 2 is 1.49 bits per heavy atom. The van der Waals surface area contributed by atoms with Crippen LogP contribution in [0.1, 0.15) is 30.0 Å². The summed E-state index contributed by atoms with van der Waals surface area (Å²) in [7, 11) is 0. The minimum atomic E-state index is -0.476. The van der Waals surface area contributed by atoms with Crippen molar-refractivity contribution in [3.8, 4) is 0 Å². The van der Waals surface area contributed by atoms with Gasteiger partial charge in [-0.3, -0.25) is 19.7 Å². The lowest BCUT2D eigenvalue weighted by atomic mass is 9.85. The quantitative estimate of drug-likeness (QED) is 0.216. The Morgan fingerprint density at radius 1 is 0.886 bits per heavy atom. The Morgan fingerprint density at radius 3 is 2.09 bits per heavy atom. The van der Waals surface area contributed by atoms with Gasteiger partial charge in [0.25, 0.3) is 5.69 Å². The van der Waals surface area contributed by atoms with E-state index in [0.717, 1.165) is 16.0 Å². The normalized spacial score (nSPS) is 19.9. The van der Waals surface area contributed by atoms with Crippen LogP contribution in [0.4, 0.5) is 17.1 Å². The minimum Gasteiger partial charge on any atom is -0.372 e. The molecule has 0 bridgehead atoms. The number of nitro groups is 1. The number of nitrogens with zero attached hydrogens (tertiary/aromatic N) is 2. The number of nitro benzene ring substituents is 1. The minimum absolute atomic E-state index is 0.176. The van der Waals surface area contributed by atoms with Gasteiger partial charge in [-0.15, -0.1) is 0 Å². The highest BCUT2D eigenvalue weighted by atomic mass is 16.6. The lowest BCUT2D eigenvalue weighted by molar-refractivity contribution is -0.383. The maximum atomic E-state index is 13.0. The summed E-state index contributed by atoms with van der Waals surface area (Å²) in [5.74, 6) is -1.36. The summed E-state index contributed by atoms with van der Waals surface area (Å²) in [6.07, 6.45) is 5.50. The first-order chi connectivity index (χ1) is 17.0. The first-order valence-corrected chi connectivity index (χ1v) is 11.7. The number of nitrogens with one attached hydrogen (secondary N) is 1. The van der Waals surface area contributed by atoms with E-state index in [9.17, 15) is 19.7 Å². The SMILES string of the molecule is O=C1[C@H]2CC=CC[C@H]2C(=O)N1c1ccc(N[C@@H](Cc2ccccc2)c2ccccc2)c([N+](=O)[O-])c1. The van der Waals surface area contributed by atoms with Gasteiger partial charge in [-0.2, -0.15) is 0 Å². The predicted octanol–water partition coefficient (Wildman–Crippen LogP) is 5.45. The number of carbonyl (C=O) groups excluding carboxylic acids is 2. The van der Waals surface area contributed by atoms with Gasteiger partial charge in [0.05, 0.1) is 28.5 Å². The molecule has 7 nitrogen and oxygen atoms in total. The summed E-state index contributed by atoms with van der Waals surface area (Å²) >= 11 is 0. The van der Waals surface area contributed by atoms with Crippen molar-refractivity contribution in [3.63, 3.8) is 0 Å². The molecule has 0 saturated carbocycles. The average molecular weight is 468 g/mol. The molecule has 1 saturated heterocycles. The zero-order valence-electron chi connectivity index (χ0n) is 19.0. The highest BCUT2D eigenvalue weighted by Gasteiger charge is 2.48. The molecule has 7 heteroatoms. The second-order valence-electron chi connectivity index (χ2n) is 8.92. The van der Waals surface area contributed by atoms with Crippen molar-refractivity contribution in [1.29, 1.82) is 0 Å². The van der Waals surface area contributed by atoms with Crippen molar-refractivity contribution in [3.05, 3.63) is 112 Å². The van der Waals surface area contributed by atoms with E-state index in [1.165, 1.54) is 6.07 Å². The van der Waals surface area contributed by atoms with Crippen molar-refractivity contribution in [1.82, 2.24) is 0 Å². The summed E-state index contributed by atoms with van der Waals surface area (Å²) in [4.78, 5) is 38.6. The number of carbonyl (C=O) groups is 2. The second kappa shape index (κ2) is 9.54. The number of hydrogen-bond acceptors (Lipinski definition) is 5. The Bertz CT molecular complexity index is 1260. The van der Waals surface area contributed by atoms with Crippen molar-refractivity contribution >= 4 is 28.9 Å². The number of amides is 2. The summed E-state index contributed by atoms with van der Waals surface area (Å²) in [6.45, 7) is 0. The summed E-state index contributed by atoms with van der Waals surface area (Å²) in [5, 5.41) is 15.4. The second-order valence-corrected chi connectivity index (χ2v) is 8.92. The Kier molecular flexibility index (Phi) is 6.14. The van der Waals surface area contributed by atoms with Crippen LogP contribution < -0.4 is 10.2 Å². The zero-order valence-corrected chi connectivity index (χ0v) is 19.0. The number of rotatable bonds is 7. The molecule has 0 radical (unpaired) electrons. The Hall–Kier alpha value is -4.26. The van der Waals surface area contributed by atoms with Crippen LogP contribution in [0.5, 0.6) is 0 Å². The molecule has 0 unspecified atom stereocenters. The van der Waals surface area contributed by atoms with E-state index in [1.54, 1.807) is 12.1 Å². The molecule has 3 aromatic carbocycles. The number of hydrogen-bond donors (Lipinski definition) is 1. The fourth-order valence-corrected chi connectivity index (χ4v) is 4.96. The molecule has 0 aromatic heterocycles. The van der Waals surface area contributed by atoms with Crippen LogP contribution in [0.3, 0.4) is 0 Å². The maximum absolute atomic E-state index is 13.0. The van der Waals surface area contributed by atoms with E-state index in [1.807, 2.05) is 72.8 Å². The number of anilines is 2. The highest BCUT2D eigenvalue weighted by molar-refractivity contribution is 6.22. The highest BCUT2D eigenvalue weighted by Crippen LogP contribution is 2.40. The molecule has 2 aliphatic rings. The monoisotopic (exact) mass is 467 g/mol. The van der Waals surface area contributed by atoms with Gasteiger partial charge in [-0.1, -0.05) is 72.8 Å². The summed E-state index contributed by atoms with van der Waals surface area (Å²) in [6, 6.07) is 24.0. The molecule has 1 N–H and O–H groups in total. The molecule has 2 amide bonds. The van der Waals surface area contributed by atoms with E-state index >= 15 is 0 Å². The number of allylic oxidation sites excluding steroid dienone is 2. The molecule has 3 atom stereocenters. The smallest absolute Gasteiger partial charge is 0.294 e. The fourth-order valence-electron chi connectivity index (χ4n) is 4.96. The number of imide groups is 1. The van der Waals surface area contributed by atoms with Crippen LogP contribution in [0, 0.1) is 22.0 Å². The number of benzene rings is 3. The van der Waals surface area contributed by atoms with Crippen molar-refractivity contribution < 1.29 is 14.5 Å². The van der Waals surface area contributed by atoms with Gasteiger partial charge in [0, 0.05) is 6.07 Å². The van der Waals surface area contributed by atoms with Crippen molar-refractivity contribution in [2.75, 3.05) is 10.2 Å². The molecule has 0 spiro atoms. The topological polar surface area (TPSA) is 92.6 Å². The summed E-state index contributed by atoms with van der Waals surface area (Å²) < 4.78 is 0. The van der Waals surface area contributed by atoms with Crippen LogP contribution in [0.15, 0.2) is 91.0 Å². The predicted molar refractivity (Wildman–Crippen MR) is 134 cm³/mol. The Labute approximate surface area is 203 Å².